The molecular formula is C29H35N5O4. The quantitative estimate of drug-likeness (QED) is 0.355. The molecule has 1 heterocycles. The number of nitrogens with two attached hydrogens (primary N) is 1. The summed E-state index contributed by atoms with van der Waals surface area (Å²) in [6.07, 6.45) is 2.74. The summed E-state index contributed by atoms with van der Waals surface area (Å²) in [4.78, 5) is 29.1. The van der Waals surface area contributed by atoms with Crippen molar-refractivity contribution >= 4 is 11.8 Å². The molecule has 200 valence electrons. The highest BCUT2D eigenvalue weighted by atomic mass is 16.5. The monoisotopic (exact) mass is 517 g/mol. The Morgan fingerprint density at radius 3 is 2.45 bits per heavy atom. The first-order valence-corrected chi connectivity index (χ1v) is 12.5. The average Bonchev–Trinajstić information content (AvgIpc) is 3.25. The number of hydrogen-bond acceptors (Lipinski definition) is 6. The fourth-order valence-electron chi connectivity index (χ4n) is 4.20. The number of nitrogens with zero attached hydrogens (tertiary/aromatic N) is 3. The normalized spacial score (nSPS) is 12.2. The summed E-state index contributed by atoms with van der Waals surface area (Å²) < 4.78 is 7.44. The van der Waals surface area contributed by atoms with E-state index in [2.05, 4.69) is 16.4 Å². The van der Waals surface area contributed by atoms with Gasteiger partial charge in [-0.15, -0.1) is 0 Å². The topological polar surface area (TPSA) is 143 Å². The molecule has 0 bridgehead atoms. The molecule has 0 radical (unpaired) electrons. The zero-order chi connectivity index (χ0) is 28.0. The zero-order valence-electron chi connectivity index (χ0n) is 22.5. The lowest BCUT2D eigenvalue weighted by molar-refractivity contribution is -0.118. The number of imidazole rings is 1. The van der Waals surface area contributed by atoms with Crippen molar-refractivity contribution < 1.29 is 19.4 Å². The van der Waals surface area contributed by atoms with Crippen molar-refractivity contribution in [3.63, 3.8) is 0 Å². The van der Waals surface area contributed by atoms with Crippen molar-refractivity contribution in [1.82, 2.24) is 14.9 Å². The Hall–Kier alpha value is -4.16. The van der Waals surface area contributed by atoms with Gasteiger partial charge in [0.15, 0.2) is 0 Å². The van der Waals surface area contributed by atoms with Gasteiger partial charge >= 0.3 is 0 Å². The maximum absolute atomic E-state index is 13.0. The van der Waals surface area contributed by atoms with Crippen LogP contribution in [0.2, 0.25) is 0 Å². The summed E-state index contributed by atoms with van der Waals surface area (Å²) in [6, 6.07) is 14.2. The third-order valence-electron chi connectivity index (χ3n) is 5.95. The van der Waals surface area contributed by atoms with E-state index in [-0.39, 0.29) is 30.0 Å². The van der Waals surface area contributed by atoms with E-state index in [1.165, 1.54) is 6.07 Å². The number of ether oxygens (including phenoxy) is 1. The van der Waals surface area contributed by atoms with E-state index < -0.39 is 11.5 Å². The Morgan fingerprint density at radius 2 is 1.89 bits per heavy atom. The van der Waals surface area contributed by atoms with E-state index in [1.807, 2.05) is 51.4 Å². The van der Waals surface area contributed by atoms with Crippen molar-refractivity contribution in [3.8, 4) is 23.1 Å². The van der Waals surface area contributed by atoms with Crippen molar-refractivity contribution in [2.24, 2.45) is 12.8 Å². The van der Waals surface area contributed by atoms with Gasteiger partial charge in [0.25, 0.3) is 5.91 Å². The van der Waals surface area contributed by atoms with Crippen molar-refractivity contribution in [2.75, 3.05) is 0 Å². The fraction of sp³-hybridized carbons (Fsp3) is 0.379. The van der Waals surface area contributed by atoms with Crippen LogP contribution in [0.5, 0.6) is 5.75 Å². The molecule has 0 fully saturated rings. The molecule has 2 aromatic carbocycles. The van der Waals surface area contributed by atoms with Gasteiger partial charge in [-0.05, 0) is 64.3 Å². The molecule has 9 nitrogen and oxygen atoms in total. The van der Waals surface area contributed by atoms with Gasteiger partial charge in [0.05, 0.1) is 17.4 Å². The predicted octanol–water partition coefficient (Wildman–Crippen LogP) is 3.58. The smallest absolute Gasteiger partial charge is 0.251 e. The second kappa shape index (κ2) is 11.9. The second-order valence-electron chi connectivity index (χ2n) is 10.2. The number of aryl methyl sites for hydroxylation is 1. The molecule has 3 aromatic rings. The molecule has 0 saturated carbocycles. The molecule has 0 aliphatic heterocycles. The third-order valence-corrected chi connectivity index (χ3v) is 5.95. The molecule has 0 unspecified atom stereocenters. The Bertz CT molecular complexity index is 1330. The molecule has 1 aromatic heterocycles. The van der Waals surface area contributed by atoms with Gasteiger partial charge in [-0.1, -0.05) is 24.3 Å². The SMILES string of the molecule is CC(C)Oc1ccc(C(=O)N[C@H](CCC(N)=O)Cc2ccc(-c3cn(C)c(C(C)(C)O)n3)cc2)cc1C#N. The molecule has 2 amide bonds. The van der Waals surface area contributed by atoms with Crippen molar-refractivity contribution in [2.45, 2.75) is 64.7 Å². The van der Waals surface area contributed by atoms with E-state index in [0.717, 1.165) is 16.8 Å². The van der Waals surface area contributed by atoms with Crippen LogP contribution in [0.15, 0.2) is 48.7 Å². The molecule has 0 spiro atoms. The summed E-state index contributed by atoms with van der Waals surface area (Å²) in [5.74, 6) is 0.191. The van der Waals surface area contributed by atoms with Gasteiger partial charge in [-0.25, -0.2) is 4.98 Å². The Morgan fingerprint density at radius 1 is 1.21 bits per heavy atom. The van der Waals surface area contributed by atoms with E-state index in [9.17, 15) is 20.0 Å². The van der Waals surface area contributed by atoms with E-state index in [4.69, 9.17) is 10.5 Å². The molecule has 4 N–H and O–H groups in total. The largest absolute Gasteiger partial charge is 0.490 e. The first-order chi connectivity index (χ1) is 17.9. The van der Waals surface area contributed by atoms with Gasteiger partial charge in [-0.3, -0.25) is 9.59 Å². The van der Waals surface area contributed by atoms with Crippen molar-refractivity contribution in [3.05, 3.63) is 71.2 Å². The molecular weight excluding hydrogens is 482 g/mol. The minimum Gasteiger partial charge on any atom is -0.490 e. The number of aromatic nitrogens is 2. The number of amides is 2. The molecule has 1 atom stereocenters. The van der Waals surface area contributed by atoms with Gasteiger partial charge in [-0.2, -0.15) is 5.26 Å². The lowest BCUT2D eigenvalue weighted by Gasteiger charge is -2.19. The number of aliphatic hydroxyl groups is 1. The maximum Gasteiger partial charge on any atom is 0.251 e. The van der Waals surface area contributed by atoms with Crippen LogP contribution in [0.1, 0.15) is 67.8 Å². The first-order valence-electron chi connectivity index (χ1n) is 12.5. The van der Waals surface area contributed by atoms with Gasteiger partial charge in [0, 0.05) is 36.8 Å². The van der Waals surface area contributed by atoms with Gasteiger partial charge < -0.3 is 25.5 Å². The highest BCUT2D eigenvalue weighted by molar-refractivity contribution is 5.95. The summed E-state index contributed by atoms with van der Waals surface area (Å²) in [7, 11) is 1.84. The van der Waals surface area contributed by atoms with E-state index >= 15 is 0 Å². The van der Waals surface area contributed by atoms with Gasteiger partial charge in [0.2, 0.25) is 5.91 Å². The molecule has 0 aliphatic rings. The standard InChI is InChI=1S/C29H35N5O4/c1-18(2)38-25-12-10-21(15-22(25)16-30)27(36)32-23(11-13-26(31)35)14-19-6-8-20(9-7-19)24-17-34(5)28(33-24)29(3,4)37/h6-10,12,15,17-18,23,37H,11,13-14H2,1-5H3,(H2,31,35)(H,32,36)/t23-/m1/s1. The lowest BCUT2D eigenvalue weighted by atomic mass is 9.99. The molecule has 9 heteroatoms. The van der Waals surface area contributed by atoms with Crippen molar-refractivity contribution in [1.29, 1.82) is 5.26 Å². The third kappa shape index (κ3) is 7.43. The molecule has 38 heavy (non-hydrogen) atoms. The predicted molar refractivity (Wildman–Crippen MR) is 144 cm³/mol. The molecule has 3 rings (SSSR count). The summed E-state index contributed by atoms with van der Waals surface area (Å²) in [6.45, 7) is 7.11. The van der Waals surface area contributed by atoms with Crippen LogP contribution >= 0.6 is 0 Å². The van der Waals surface area contributed by atoms with Crippen LogP contribution < -0.4 is 15.8 Å². The molecule has 0 aliphatic carbocycles. The maximum atomic E-state index is 13.0. The van der Waals surface area contributed by atoms with Crippen LogP contribution in [-0.4, -0.2) is 38.6 Å². The van der Waals surface area contributed by atoms with E-state index in [1.54, 1.807) is 30.5 Å². The van der Waals surface area contributed by atoms with Crippen LogP contribution in [0.4, 0.5) is 0 Å². The van der Waals surface area contributed by atoms with Crippen LogP contribution in [0.3, 0.4) is 0 Å². The van der Waals surface area contributed by atoms with Crippen LogP contribution in [0, 0.1) is 11.3 Å². The van der Waals surface area contributed by atoms with Crippen LogP contribution in [0.25, 0.3) is 11.3 Å². The van der Waals surface area contributed by atoms with E-state index in [0.29, 0.717) is 30.0 Å². The number of benzene rings is 2. The fourth-order valence-corrected chi connectivity index (χ4v) is 4.20. The number of carbonyl (C=O) groups is 2. The number of primary amides is 1. The summed E-state index contributed by atoms with van der Waals surface area (Å²) in [5.41, 5.74) is 7.51. The minimum atomic E-state index is -1.06. The highest BCUT2D eigenvalue weighted by Crippen LogP contribution is 2.25. The number of carbonyl (C=O) groups excluding carboxylic acids is 2. The number of nitrogens with one attached hydrogen (secondary N) is 1. The number of hydrogen-bond donors (Lipinski definition) is 3. The summed E-state index contributed by atoms with van der Waals surface area (Å²) in [5, 5.41) is 22.8. The molecule has 0 saturated heterocycles. The minimum absolute atomic E-state index is 0.104. The first kappa shape index (κ1) is 28.4. The lowest BCUT2D eigenvalue weighted by Crippen LogP contribution is -2.37. The highest BCUT2D eigenvalue weighted by Gasteiger charge is 2.23. The Balaban J connectivity index is 1.76. The number of rotatable bonds is 11. The Labute approximate surface area is 223 Å². The second-order valence-corrected chi connectivity index (χ2v) is 10.2. The zero-order valence-corrected chi connectivity index (χ0v) is 22.5. The average molecular weight is 518 g/mol. The van der Waals surface area contributed by atoms with Crippen LogP contribution in [-0.2, 0) is 23.9 Å². The Kier molecular flexibility index (Phi) is 8.92. The van der Waals surface area contributed by atoms with Gasteiger partial charge in [0.1, 0.15) is 23.2 Å². The number of nitriles is 1. The summed E-state index contributed by atoms with van der Waals surface area (Å²) >= 11 is 0.